The lowest BCUT2D eigenvalue weighted by Gasteiger charge is -2.12. The maximum atomic E-state index is 11.7. The summed E-state index contributed by atoms with van der Waals surface area (Å²) in [6.45, 7) is 5.48. The fraction of sp³-hybridized carbons (Fsp3) is 0.200. The van der Waals surface area contributed by atoms with E-state index < -0.39 is 7.82 Å². The first kappa shape index (κ1) is 16.6. The summed E-state index contributed by atoms with van der Waals surface area (Å²) in [5, 5.41) is 0. The van der Waals surface area contributed by atoms with Crippen LogP contribution in [0.1, 0.15) is 12.5 Å². The Hall–Kier alpha value is -1.45. The maximum Gasteiger partial charge on any atom is 0.472 e. The molecule has 0 heterocycles. The molecule has 0 radical (unpaired) electrons. The summed E-state index contributed by atoms with van der Waals surface area (Å²) in [6.07, 6.45) is 6.96. The molecule has 1 rings (SSSR count). The summed E-state index contributed by atoms with van der Waals surface area (Å²) in [5.74, 6) is 0. The van der Waals surface area contributed by atoms with E-state index in [2.05, 4.69) is 6.58 Å². The SMILES string of the molecule is C=C/C(=C\C=C/C)COP(=O)(O)OCc1ccccc1. The number of allylic oxidation sites excluding steroid dienone is 3. The zero-order valence-corrected chi connectivity index (χ0v) is 12.3. The highest BCUT2D eigenvalue weighted by Gasteiger charge is 2.21. The molecule has 0 aliphatic carbocycles. The zero-order valence-electron chi connectivity index (χ0n) is 11.4. The van der Waals surface area contributed by atoms with E-state index in [0.717, 1.165) is 5.56 Å². The van der Waals surface area contributed by atoms with Crippen molar-refractivity contribution in [1.82, 2.24) is 0 Å². The first-order chi connectivity index (χ1) is 9.57. The van der Waals surface area contributed by atoms with Gasteiger partial charge in [-0.05, 0) is 18.1 Å². The second kappa shape index (κ2) is 8.67. The van der Waals surface area contributed by atoms with Crippen LogP contribution in [-0.2, 0) is 20.2 Å². The van der Waals surface area contributed by atoms with Gasteiger partial charge in [0, 0.05) is 0 Å². The first-order valence-corrected chi connectivity index (χ1v) is 7.67. The number of phosphoric ester groups is 1. The second-order valence-electron chi connectivity index (χ2n) is 3.97. The van der Waals surface area contributed by atoms with E-state index in [-0.39, 0.29) is 13.2 Å². The van der Waals surface area contributed by atoms with Gasteiger partial charge in [-0.25, -0.2) is 4.57 Å². The van der Waals surface area contributed by atoms with E-state index in [9.17, 15) is 9.46 Å². The molecule has 0 aliphatic rings. The van der Waals surface area contributed by atoms with Crippen molar-refractivity contribution in [2.75, 3.05) is 6.61 Å². The fourth-order valence-corrected chi connectivity index (χ4v) is 2.02. The number of hydrogen-bond acceptors (Lipinski definition) is 3. The summed E-state index contributed by atoms with van der Waals surface area (Å²) < 4.78 is 21.6. The predicted octanol–water partition coefficient (Wildman–Crippen LogP) is 4.01. The highest BCUT2D eigenvalue weighted by Crippen LogP contribution is 2.44. The Kier molecular flexibility index (Phi) is 7.20. The van der Waals surface area contributed by atoms with Gasteiger partial charge in [0.25, 0.3) is 0 Å². The normalized spacial score (nSPS) is 15.2. The second-order valence-corrected chi connectivity index (χ2v) is 5.43. The smallest absolute Gasteiger partial charge is 0.302 e. The molecule has 0 bridgehead atoms. The molecule has 5 heteroatoms. The van der Waals surface area contributed by atoms with Crippen molar-refractivity contribution in [1.29, 1.82) is 0 Å². The quantitative estimate of drug-likeness (QED) is 0.581. The van der Waals surface area contributed by atoms with Gasteiger partial charge >= 0.3 is 7.82 Å². The van der Waals surface area contributed by atoms with E-state index in [1.54, 1.807) is 30.4 Å². The van der Waals surface area contributed by atoms with Crippen molar-refractivity contribution in [2.45, 2.75) is 13.5 Å². The van der Waals surface area contributed by atoms with Crippen molar-refractivity contribution in [2.24, 2.45) is 0 Å². The summed E-state index contributed by atoms with van der Waals surface area (Å²) >= 11 is 0. The molecule has 0 fully saturated rings. The Morgan fingerprint density at radius 2 is 2.05 bits per heavy atom. The molecule has 4 nitrogen and oxygen atoms in total. The zero-order chi connectivity index (χ0) is 14.8. The van der Waals surface area contributed by atoms with E-state index in [4.69, 9.17) is 9.05 Å². The molecule has 20 heavy (non-hydrogen) atoms. The molecule has 1 N–H and O–H groups in total. The van der Waals surface area contributed by atoms with E-state index >= 15 is 0 Å². The van der Waals surface area contributed by atoms with Gasteiger partial charge < -0.3 is 4.89 Å². The minimum absolute atomic E-state index is 0.0244. The maximum absolute atomic E-state index is 11.7. The minimum Gasteiger partial charge on any atom is -0.302 e. The van der Waals surface area contributed by atoms with Crippen LogP contribution in [0.15, 0.2) is 66.8 Å². The molecule has 1 aromatic rings. The minimum atomic E-state index is -4.07. The summed E-state index contributed by atoms with van der Waals surface area (Å²) in [5.41, 5.74) is 1.50. The molecule has 0 amide bonds. The van der Waals surface area contributed by atoms with Crippen LogP contribution in [0.25, 0.3) is 0 Å². The van der Waals surface area contributed by atoms with Gasteiger partial charge in [0.15, 0.2) is 0 Å². The molecule has 0 aliphatic heterocycles. The van der Waals surface area contributed by atoms with Crippen molar-refractivity contribution in [3.05, 3.63) is 72.4 Å². The van der Waals surface area contributed by atoms with E-state index in [1.165, 1.54) is 0 Å². The fourth-order valence-electron chi connectivity index (χ4n) is 1.32. The molecule has 1 aromatic carbocycles. The van der Waals surface area contributed by atoms with Crippen LogP contribution in [0.3, 0.4) is 0 Å². The Morgan fingerprint density at radius 3 is 2.65 bits per heavy atom. The average molecular weight is 294 g/mol. The number of benzene rings is 1. The molecule has 0 spiro atoms. The molecular weight excluding hydrogens is 275 g/mol. The van der Waals surface area contributed by atoms with Gasteiger partial charge in [-0.15, -0.1) is 0 Å². The molecule has 0 aromatic heterocycles. The molecule has 108 valence electrons. The Labute approximate surface area is 119 Å². The third-order valence-electron chi connectivity index (χ3n) is 2.40. The van der Waals surface area contributed by atoms with Gasteiger partial charge in [-0.1, -0.05) is 61.2 Å². The Bertz CT molecular complexity index is 520. The summed E-state index contributed by atoms with van der Waals surface area (Å²) in [6, 6.07) is 9.14. The van der Waals surface area contributed by atoms with E-state index in [1.807, 2.05) is 31.2 Å². The highest BCUT2D eigenvalue weighted by atomic mass is 31.2. The largest absolute Gasteiger partial charge is 0.472 e. The number of phosphoric acid groups is 1. The molecular formula is C15H19O4P. The van der Waals surface area contributed by atoms with Gasteiger partial charge in [0.2, 0.25) is 0 Å². The summed E-state index contributed by atoms with van der Waals surface area (Å²) in [4.78, 5) is 9.58. The van der Waals surface area contributed by atoms with Crippen molar-refractivity contribution in [3.8, 4) is 0 Å². The molecule has 1 atom stereocenters. The van der Waals surface area contributed by atoms with Crippen LogP contribution in [0.2, 0.25) is 0 Å². The number of rotatable bonds is 8. The van der Waals surface area contributed by atoms with Crippen LogP contribution < -0.4 is 0 Å². The van der Waals surface area contributed by atoms with Crippen LogP contribution in [-0.4, -0.2) is 11.5 Å². The third kappa shape index (κ3) is 6.64. The molecule has 0 saturated carbocycles. The van der Waals surface area contributed by atoms with E-state index in [0.29, 0.717) is 5.57 Å². The third-order valence-corrected chi connectivity index (χ3v) is 3.31. The van der Waals surface area contributed by atoms with Crippen LogP contribution >= 0.6 is 7.82 Å². The standard InChI is InChI=1S/C15H19O4P/c1-3-5-9-14(4-2)12-18-20(16,17)19-13-15-10-7-6-8-11-15/h3-11H,2,12-13H2,1H3,(H,16,17)/b5-3-,14-9+. The average Bonchev–Trinajstić information content (AvgIpc) is 2.47. The molecule has 0 saturated heterocycles. The lowest BCUT2D eigenvalue weighted by atomic mass is 10.2. The van der Waals surface area contributed by atoms with Crippen molar-refractivity contribution < 1.29 is 18.5 Å². The van der Waals surface area contributed by atoms with Gasteiger partial charge in [-0.2, -0.15) is 0 Å². The monoisotopic (exact) mass is 294 g/mol. The number of hydrogen-bond donors (Lipinski definition) is 1. The highest BCUT2D eigenvalue weighted by molar-refractivity contribution is 7.47. The van der Waals surface area contributed by atoms with Crippen molar-refractivity contribution >= 4 is 7.82 Å². The van der Waals surface area contributed by atoms with Gasteiger partial charge in [-0.3, -0.25) is 9.05 Å². The van der Waals surface area contributed by atoms with Crippen LogP contribution in [0.4, 0.5) is 0 Å². The van der Waals surface area contributed by atoms with Crippen molar-refractivity contribution in [3.63, 3.8) is 0 Å². The summed E-state index contributed by atoms with van der Waals surface area (Å²) in [7, 11) is -4.07. The van der Waals surface area contributed by atoms with Crippen LogP contribution in [0.5, 0.6) is 0 Å². The first-order valence-electron chi connectivity index (χ1n) is 6.17. The predicted molar refractivity (Wildman–Crippen MR) is 80.1 cm³/mol. The van der Waals surface area contributed by atoms with Crippen LogP contribution in [0, 0.1) is 0 Å². The van der Waals surface area contributed by atoms with Gasteiger partial charge in [0.05, 0.1) is 13.2 Å². The van der Waals surface area contributed by atoms with Gasteiger partial charge in [0.1, 0.15) is 0 Å². The molecule has 1 unspecified atom stereocenters. The lowest BCUT2D eigenvalue weighted by Crippen LogP contribution is -1.99. The Balaban J connectivity index is 2.49. The topological polar surface area (TPSA) is 55.8 Å². The lowest BCUT2D eigenvalue weighted by molar-refractivity contribution is 0.153. The Morgan fingerprint density at radius 1 is 1.35 bits per heavy atom.